The fraction of sp³-hybridized carbons (Fsp3) is 0.647. The molecule has 0 spiro atoms. The van der Waals surface area contributed by atoms with E-state index in [2.05, 4.69) is 44.3 Å². The van der Waals surface area contributed by atoms with Gasteiger partial charge < -0.3 is 5.32 Å². The van der Waals surface area contributed by atoms with Gasteiger partial charge in [-0.05, 0) is 41.4 Å². The van der Waals surface area contributed by atoms with Gasteiger partial charge in [0.2, 0.25) is 0 Å². The molecular weight excluding hydrogens is 218 g/mol. The number of benzene rings is 1. The zero-order valence-corrected chi connectivity index (χ0v) is 11.9. The number of nitrogens with one attached hydrogen (secondary N) is 1. The Hall–Kier alpha value is -0.980. The minimum atomic E-state index is 0.252. The topological polar surface area (TPSA) is 12.0 Å². The molecule has 1 nitrogen and oxygen atoms in total. The molecule has 1 aromatic carbocycles. The largest absolute Gasteiger partial charge is 0.384 e. The number of rotatable bonds is 1. The predicted molar refractivity (Wildman–Crippen MR) is 78.3 cm³/mol. The molecule has 1 heteroatoms. The molecule has 1 aliphatic heterocycles. The molecule has 1 N–H and O–H groups in total. The van der Waals surface area contributed by atoms with Crippen LogP contribution in [0.1, 0.15) is 63.5 Å². The van der Waals surface area contributed by atoms with E-state index in [0.717, 1.165) is 18.4 Å². The summed E-state index contributed by atoms with van der Waals surface area (Å²) in [4.78, 5) is 0. The number of hydrogen-bond donors (Lipinski definition) is 1. The second-order valence-electron chi connectivity index (χ2n) is 7.08. The fourth-order valence-corrected chi connectivity index (χ4v) is 3.61. The molecule has 98 valence electrons. The minimum absolute atomic E-state index is 0.252. The van der Waals surface area contributed by atoms with Crippen LogP contribution in [0.3, 0.4) is 0 Å². The summed E-state index contributed by atoms with van der Waals surface area (Å²) in [5.74, 6) is 1.70. The third-order valence-corrected chi connectivity index (χ3v) is 4.80. The standard InChI is InChI=1S/C17H25N/c1-17(2,3)13-8-9-14-15(11-18-16(14)10-13)12-6-4-5-7-12/h8-10,12,15,18H,4-7,11H2,1-3H3. The number of fused-ring (bicyclic) bond motifs is 1. The molecule has 3 rings (SSSR count). The molecule has 0 aromatic heterocycles. The van der Waals surface area contributed by atoms with Crippen LogP contribution in [0.4, 0.5) is 5.69 Å². The van der Waals surface area contributed by atoms with Crippen LogP contribution in [-0.2, 0) is 5.41 Å². The van der Waals surface area contributed by atoms with Gasteiger partial charge in [-0.1, -0.05) is 45.7 Å². The summed E-state index contributed by atoms with van der Waals surface area (Å²) in [6.45, 7) is 8.03. The number of hydrogen-bond acceptors (Lipinski definition) is 1. The Balaban J connectivity index is 1.89. The van der Waals surface area contributed by atoms with E-state index in [-0.39, 0.29) is 5.41 Å². The van der Waals surface area contributed by atoms with Crippen LogP contribution in [0.25, 0.3) is 0 Å². The lowest BCUT2D eigenvalue weighted by molar-refractivity contribution is 0.460. The maximum atomic E-state index is 3.64. The molecule has 0 saturated heterocycles. The average molecular weight is 243 g/mol. The first-order chi connectivity index (χ1) is 8.55. The molecule has 1 aliphatic carbocycles. The third kappa shape index (κ3) is 2.04. The van der Waals surface area contributed by atoms with E-state index in [9.17, 15) is 0 Å². The van der Waals surface area contributed by atoms with Gasteiger partial charge in [0.25, 0.3) is 0 Å². The van der Waals surface area contributed by atoms with Crippen LogP contribution in [0.15, 0.2) is 18.2 Å². The highest BCUT2D eigenvalue weighted by molar-refractivity contribution is 5.60. The zero-order chi connectivity index (χ0) is 12.8. The van der Waals surface area contributed by atoms with Crippen molar-refractivity contribution < 1.29 is 0 Å². The molecule has 1 aromatic rings. The van der Waals surface area contributed by atoms with Crippen molar-refractivity contribution in [3.8, 4) is 0 Å². The molecule has 0 bridgehead atoms. The maximum Gasteiger partial charge on any atom is 0.0379 e. The van der Waals surface area contributed by atoms with E-state index in [4.69, 9.17) is 0 Å². The van der Waals surface area contributed by atoms with Crippen molar-refractivity contribution in [3.63, 3.8) is 0 Å². The summed E-state index contributed by atoms with van der Waals surface area (Å²) in [5, 5.41) is 3.64. The summed E-state index contributed by atoms with van der Waals surface area (Å²) >= 11 is 0. The quantitative estimate of drug-likeness (QED) is 0.755. The molecule has 1 fully saturated rings. The van der Waals surface area contributed by atoms with Gasteiger partial charge in [0, 0.05) is 18.2 Å². The number of anilines is 1. The molecule has 1 unspecified atom stereocenters. The van der Waals surface area contributed by atoms with Gasteiger partial charge in [-0.25, -0.2) is 0 Å². The summed E-state index contributed by atoms with van der Waals surface area (Å²) < 4.78 is 0. The van der Waals surface area contributed by atoms with Crippen LogP contribution in [0.5, 0.6) is 0 Å². The van der Waals surface area contributed by atoms with Crippen molar-refractivity contribution >= 4 is 5.69 Å². The summed E-state index contributed by atoms with van der Waals surface area (Å²) in [6.07, 6.45) is 5.76. The Kier molecular flexibility index (Phi) is 2.88. The maximum absolute atomic E-state index is 3.64. The molecule has 18 heavy (non-hydrogen) atoms. The first-order valence-electron chi connectivity index (χ1n) is 7.44. The Morgan fingerprint density at radius 3 is 2.50 bits per heavy atom. The summed E-state index contributed by atoms with van der Waals surface area (Å²) in [5.41, 5.74) is 4.68. The Bertz CT molecular complexity index is 435. The molecular formula is C17H25N. The first kappa shape index (κ1) is 12.1. The lowest BCUT2D eigenvalue weighted by Gasteiger charge is -2.21. The lowest BCUT2D eigenvalue weighted by atomic mass is 9.83. The zero-order valence-electron chi connectivity index (χ0n) is 11.9. The van der Waals surface area contributed by atoms with Crippen molar-refractivity contribution in [2.45, 2.75) is 57.8 Å². The van der Waals surface area contributed by atoms with Crippen molar-refractivity contribution in [1.82, 2.24) is 0 Å². The van der Waals surface area contributed by atoms with Gasteiger partial charge in [0.05, 0.1) is 0 Å². The second kappa shape index (κ2) is 4.29. The Morgan fingerprint density at radius 2 is 1.83 bits per heavy atom. The monoisotopic (exact) mass is 243 g/mol. The van der Waals surface area contributed by atoms with E-state index in [1.165, 1.54) is 36.9 Å². The molecule has 0 amide bonds. The Labute approximate surface area is 111 Å². The normalized spacial score (nSPS) is 24.1. The average Bonchev–Trinajstić information content (AvgIpc) is 2.95. The fourth-order valence-electron chi connectivity index (χ4n) is 3.61. The van der Waals surface area contributed by atoms with Crippen molar-refractivity contribution in [3.05, 3.63) is 29.3 Å². The highest BCUT2D eigenvalue weighted by Gasteiger charge is 2.32. The van der Waals surface area contributed by atoms with Crippen LogP contribution < -0.4 is 5.32 Å². The van der Waals surface area contributed by atoms with Crippen LogP contribution in [-0.4, -0.2) is 6.54 Å². The van der Waals surface area contributed by atoms with Crippen LogP contribution in [0.2, 0.25) is 0 Å². The van der Waals surface area contributed by atoms with Crippen LogP contribution >= 0.6 is 0 Å². The smallest absolute Gasteiger partial charge is 0.0379 e. The van der Waals surface area contributed by atoms with Gasteiger partial charge in [0.15, 0.2) is 0 Å². The van der Waals surface area contributed by atoms with E-state index in [1.807, 2.05) is 0 Å². The van der Waals surface area contributed by atoms with Gasteiger partial charge in [-0.3, -0.25) is 0 Å². The first-order valence-corrected chi connectivity index (χ1v) is 7.44. The molecule has 1 heterocycles. The van der Waals surface area contributed by atoms with E-state index in [0.29, 0.717) is 0 Å². The van der Waals surface area contributed by atoms with Crippen molar-refractivity contribution in [1.29, 1.82) is 0 Å². The van der Waals surface area contributed by atoms with Crippen LogP contribution in [0, 0.1) is 5.92 Å². The molecule has 1 saturated carbocycles. The van der Waals surface area contributed by atoms with Crippen molar-refractivity contribution in [2.75, 3.05) is 11.9 Å². The van der Waals surface area contributed by atoms with E-state index in [1.54, 1.807) is 5.56 Å². The van der Waals surface area contributed by atoms with Crippen molar-refractivity contribution in [2.24, 2.45) is 5.92 Å². The minimum Gasteiger partial charge on any atom is -0.384 e. The highest BCUT2D eigenvalue weighted by atomic mass is 14.9. The third-order valence-electron chi connectivity index (χ3n) is 4.80. The SMILES string of the molecule is CC(C)(C)c1ccc2c(c1)NCC2C1CCCC1. The van der Waals surface area contributed by atoms with Gasteiger partial charge in [0.1, 0.15) is 0 Å². The summed E-state index contributed by atoms with van der Waals surface area (Å²) in [7, 11) is 0. The Morgan fingerprint density at radius 1 is 1.11 bits per heavy atom. The van der Waals surface area contributed by atoms with E-state index < -0.39 is 0 Å². The molecule has 0 radical (unpaired) electrons. The lowest BCUT2D eigenvalue weighted by Crippen LogP contribution is -2.12. The molecule has 1 atom stereocenters. The van der Waals surface area contributed by atoms with Gasteiger partial charge >= 0.3 is 0 Å². The van der Waals surface area contributed by atoms with Gasteiger partial charge in [-0.15, -0.1) is 0 Å². The predicted octanol–water partition coefficient (Wildman–Crippen LogP) is 4.68. The summed E-state index contributed by atoms with van der Waals surface area (Å²) in [6, 6.07) is 7.11. The highest BCUT2D eigenvalue weighted by Crippen LogP contribution is 2.44. The van der Waals surface area contributed by atoms with Gasteiger partial charge in [-0.2, -0.15) is 0 Å². The van der Waals surface area contributed by atoms with E-state index >= 15 is 0 Å². The molecule has 2 aliphatic rings. The second-order valence-corrected chi connectivity index (χ2v) is 7.08.